The molecule has 1 atom stereocenters. The Kier molecular flexibility index (Phi) is 6.30. The van der Waals surface area contributed by atoms with Crippen LogP contribution < -0.4 is 11.1 Å². The average molecular weight is 300 g/mol. The van der Waals surface area contributed by atoms with Crippen molar-refractivity contribution in [1.29, 1.82) is 0 Å². The number of rotatable bonds is 6. The van der Waals surface area contributed by atoms with Crippen molar-refractivity contribution in [2.75, 3.05) is 23.4 Å². The number of nitrogen functional groups attached to an aromatic ring is 1. The molecule has 0 bridgehead atoms. The van der Waals surface area contributed by atoms with Gasteiger partial charge in [-0.15, -0.1) is 11.8 Å². The molecule has 0 saturated heterocycles. The molecule has 5 nitrogen and oxygen atoms in total. The largest absolute Gasteiger partial charge is 0.465 e. The molecule has 3 N–H and O–H groups in total. The summed E-state index contributed by atoms with van der Waals surface area (Å²) in [6.07, 6.45) is 0. The summed E-state index contributed by atoms with van der Waals surface area (Å²) in [5.41, 5.74) is 5.91. The van der Waals surface area contributed by atoms with Crippen molar-refractivity contribution >= 4 is 35.0 Å². The Labute approximate surface area is 121 Å². The van der Waals surface area contributed by atoms with Crippen LogP contribution in [0.3, 0.4) is 0 Å². The van der Waals surface area contributed by atoms with Crippen molar-refractivity contribution in [3.63, 3.8) is 0 Å². The van der Waals surface area contributed by atoms with Gasteiger partial charge in [-0.05, 0) is 32.0 Å². The van der Waals surface area contributed by atoms with Crippen molar-refractivity contribution in [3.8, 4) is 0 Å². The molecule has 0 fully saturated rings. The van der Waals surface area contributed by atoms with Gasteiger partial charge in [-0.3, -0.25) is 9.59 Å². The maximum absolute atomic E-state index is 13.5. The van der Waals surface area contributed by atoms with Crippen LogP contribution in [0.5, 0.6) is 0 Å². The van der Waals surface area contributed by atoms with E-state index in [2.05, 4.69) is 5.32 Å². The van der Waals surface area contributed by atoms with Crippen molar-refractivity contribution in [2.24, 2.45) is 0 Å². The molecule has 1 aromatic carbocycles. The van der Waals surface area contributed by atoms with E-state index in [1.165, 1.54) is 18.2 Å². The number of benzene rings is 1. The van der Waals surface area contributed by atoms with Gasteiger partial charge in [0.15, 0.2) is 0 Å². The lowest BCUT2D eigenvalue weighted by molar-refractivity contribution is -0.139. The van der Waals surface area contributed by atoms with E-state index in [0.29, 0.717) is 12.3 Å². The van der Waals surface area contributed by atoms with Crippen molar-refractivity contribution in [2.45, 2.75) is 19.1 Å². The van der Waals surface area contributed by atoms with Crippen molar-refractivity contribution in [3.05, 3.63) is 24.0 Å². The molecule has 0 aliphatic carbocycles. The second-order valence-electron chi connectivity index (χ2n) is 3.99. The second kappa shape index (κ2) is 7.74. The first-order valence-corrected chi connectivity index (χ1v) is 7.12. The highest BCUT2D eigenvalue weighted by Gasteiger charge is 2.17. The number of hydrogen-bond donors (Lipinski definition) is 2. The SMILES string of the molecule is CCOC(=O)CSC(C)C(=O)Nc1cc(N)ccc1F. The van der Waals surface area contributed by atoms with Crippen LogP contribution in [-0.2, 0) is 14.3 Å². The molecule has 1 unspecified atom stereocenters. The van der Waals surface area contributed by atoms with Crippen LogP contribution >= 0.6 is 11.8 Å². The van der Waals surface area contributed by atoms with Crippen molar-refractivity contribution in [1.82, 2.24) is 0 Å². The first-order chi connectivity index (χ1) is 9.43. The molecule has 0 aliphatic heterocycles. The standard InChI is InChI=1S/C13H17FN2O3S/c1-3-19-12(17)7-20-8(2)13(18)16-11-6-9(15)4-5-10(11)14/h4-6,8H,3,7,15H2,1-2H3,(H,16,18). The zero-order valence-corrected chi connectivity index (χ0v) is 12.1. The van der Waals surface area contributed by atoms with Crippen LogP contribution in [0.15, 0.2) is 18.2 Å². The number of thioether (sulfide) groups is 1. The number of esters is 1. The Bertz CT molecular complexity index is 497. The molecule has 0 saturated carbocycles. The van der Waals surface area contributed by atoms with Crippen molar-refractivity contribution < 1.29 is 18.7 Å². The van der Waals surface area contributed by atoms with Crippen LogP contribution in [0.25, 0.3) is 0 Å². The Morgan fingerprint density at radius 3 is 2.85 bits per heavy atom. The van der Waals surface area contributed by atoms with Crippen LogP contribution in [-0.4, -0.2) is 29.5 Å². The number of halogens is 1. The third-order valence-corrected chi connectivity index (χ3v) is 3.49. The minimum absolute atomic E-state index is 0.0265. The van der Waals surface area contributed by atoms with Gasteiger partial charge in [-0.25, -0.2) is 4.39 Å². The fourth-order valence-electron chi connectivity index (χ4n) is 1.34. The summed E-state index contributed by atoms with van der Waals surface area (Å²) in [6, 6.07) is 3.93. The lowest BCUT2D eigenvalue weighted by Crippen LogP contribution is -2.24. The highest BCUT2D eigenvalue weighted by molar-refractivity contribution is 8.01. The van der Waals surface area contributed by atoms with E-state index in [1.54, 1.807) is 13.8 Å². The average Bonchev–Trinajstić information content (AvgIpc) is 2.40. The van der Waals surface area contributed by atoms with Gasteiger partial charge in [0.1, 0.15) is 5.82 Å². The number of nitrogens with one attached hydrogen (secondary N) is 1. The van der Waals surface area contributed by atoms with Crippen LogP contribution in [0, 0.1) is 5.82 Å². The highest BCUT2D eigenvalue weighted by Crippen LogP contribution is 2.19. The molecule has 0 spiro atoms. The maximum Gasteiger partial charge on any atom is 0.315 e. The Balaban J connectivity index is 2.53. The van der Waals surface area contributed by atoms with Gasteiger partial charge in [0, 0.05) is 5.69 Å². The molecular weight excluding hydrogens is 283 g/mol. The molecule has 110 valence electrons. The Morgan fingerprint density at radius 2 is 2.20 bits per heavy atom. The van der Waals surface area contributed by atoms with Gasteiger partial charge in [-0.2, -0.15) is 0 Å². The molecule has 0 aromatic heterocycles. The molecule has 0 radical (unpaired) electrons. The number of nitrogens with two attached hydrogens (primary N) is 1. The van der Waals surface area contributed by atoms with Gasteiger partial charge in [0.25, 0.3) is 0 Å². The normalized spacial score (nSPS) is 11.8. The summed E-state index contributed by atoms with van der Waals surface area (Å²) in [6.45, 7) is 3.64. The van der Waals surface area contributed by atoms with Gasteiger partial charge < -0.3 is 15.8 Å². The molecule has 1 amide bonds. The van der Waals surface area contributed by atoms with Gasteiger partial charge >= 0.3 is 5.97 Å². The lowest BCUT2D eigenvalue weighted by Gasteiger charge is -2.12. The van der Waals surface area contributed by atoms with E-state index >= 15 is 0 Å². The number of amides is 1. The molecule has 20 heavy (non-hydrogen) atoms. The molecule has 0 heterocycles. The third-order valence-electron chi connectivity index (χ3n) is 2.37. The summed E-state index contributed by atoms with van der Waals surface area (Å²) in [5.74, 6) is -1.27. The molecular formula is C13H17FN2O3S. The zero-order valence-electron chi connectivity index (χ0n) is 11.3. The van der Waals surface area contributed by atoms with Gasteiger partial charge in [0.05, 0.1) is 23.3 Å². The number of ether oxygens (including phenoxy) is 1. The molecule has 0 aliphatic rings. The summed E-state index contributed by atoms with van der Waals surface area (Å²) >= 11 is 1.12. The van der Waals surface area contributed by atoms with E-state index in [1.807, 2.05) is 0 Å². The molecule has 7 heteroatoms. The second-order valence-corrected chi connectivity index (χ2v) is 5.32. The summed E-state index contributed by atoms with van der Waals surface area (Å²) in [4.78, 5) is 23.0. The van der Waals surface area contributed by atoms with E-state index < -0.39 is 17.0 Å². The monoisotopic (exact) mass is 300 g/mol. The fraction of sp³-hybridized carbons (Fsp3) is 0.385. The smallest absolute Gasteiger partial charge is 0.315 e. The fourth-order valence-corrected chi connectivity index (χ4v) is 2.02. The van der Waals surface area contributed by atoms with E-state index in [-0.39, 0.29) is 17.4 Å². The van der Waals surface area contributed by atoms with E-state index in [9.17, 15) is 14.0 Å². The van der Waals surface area contributed by atoms with Crippen LogP contribution in [0.4, 0.5) is 15.8 Å². The van der Waals surface area contributed by atoms with Crippen LogP contribution in [0.1, 0.15) is 13.8 Å². The van der Waals surface area contributed by atoms with Gasteiger partial charge in [-0.1, -0.05) is 0 Å². The molecule has 1 rings (SSSR count). The van der Waals surface area contributed by atoms with Crippen LogP contribution in [0.2, 0.25) is 0 Å². The zero-order chi connectivity index (χ0) is 15.1. The van der Waals surface area contributed by atoms with Gasteiger partial charge in [0.2, 0.25) is 5.91 Å². The number of carbonyl (C=O) groups is 2. The van der Waals surface area contributed by atoms with E-state index in [4.69, 9.17) is 10.5 Å². The lowest BCUT2D eigenvalue weighted by atomic mass is 10.2. The number of carbonyl (C=O) groups excluding carboxylic acids is 2. The topological polar surface area (TPSA) is 81.4 Å². The van der Waals surface area contributed by atoms with E-state index in [0.717, 1.165) is 11.8 Å². The summed E-state index contributed by atoms with van der Waals surface area (Å²) in [5, 5.41) is 1.93. The molecule has 1 aromatic rings. The predicted octanol–water partition coefficient (Wildman–Crippen LogP) is 2.03. The maximum atomic E-state index is 13.5. The Hall–Kier alpha value is -1.76. The first-order valence-electron chi connectivity index (χ1n) is 6.07. The summed E-state index contributed by atoms with van der Waals surface area (Å²) in [7, 11) is 0. The summed E-state index contributed by atoms with van der Waals surface area (Å²) < 4.78 is 18.2. The quantitative estimate of drug-likeness (QED) is 0.620. The third kappa shape index (κ3) is 5.08. The highest BCUT2D eigenvalue weighted by atomic mass is 32.2. The predicted molar refractivity (Wildman–Crippen MR) is 78.0 cm³/mol. The number of anilines is 2. The minimum Gasteiger partial charge on any atom is -0.465 e. The minimum atomic E-state index is -0.560. The Morgan fingerprint density at radius 1 is 1.50 bits per heavy atom. The first kappa shape index (κ1) is 16.3. The number of hydrogen-bond acceptors (Lipinski definition) is 5.